The van der Waals surface area contributed by atoms with E-state index in [-0.39, 0.29) is 25.2 Å². The molecule has 3 aliphatic heterocycles. The molecule has 0 aromatic rings. The van der Waals surface area contributed by atoms with Crippen molar-refractivity contribution < 1.29 is 41.1 Å². The van der Waals surface area contributed by atoms with Gasteiger partial charge in [0.05, 0.1) is 12.0 Å². The molecule has 212 valence electrons. The van der Waals surface area contributed by atoms with Crippen LogP contribution in [0.5, 0.6) is 0 Å². The number of hydrogen-bond acceptors (Lipinski definition) is 5. The Labute approximate surface area is 216 Å². The van der Waals surface area contributed by atoms with Crippen LogP contribution in [0.4, 0.5) is 22.0 Å². The molecule has 3 N–H and O–H groups in total. The smallest absolute Gasteiger partial charge is 0.356 e. The van der Waals surface area contributed by atoms with Crippen LogP contribution in [0, 0.1) is 28.6 Å². The van der Waals surface area contributed by atoms with Crippen LogP contribution >= 0.6 is 0 Å². The highest BCUT2D eigenvalue weighted by Crippen LogP contribution is 2.49. The van der Waals surface area contributed by atoms with Crippen molar-refractivity contribution in [1.82, 2.24) is 20.9 Å². The van der Waals surface area contributed by atoms with Gasteiger partial charge in [-0.3, -0.25) is 19.2 Å². The molecule has 4 rings (SSSR count). The minimum absolute atomic E-state index is 0.0640. The summed E-state index contributed by atoms with van der Waals surface area (Å²) < 4.78 is 68.9. The maximum absolute atomic E-state index is 14.9. The van der Waals surface area contributed by atoms with Gasteiger partial charge in [-0.1, -0.05) is 20.8 Å². The zero-order valence-corrected chi connectivity index (χ0v) is 21.3. The van der Waals surface area contributed by atoms with Gasteiger partial charge in [0.1, 0.15) is 18.1 Å². The first kappa shape index (κ1) is 29.6. The molecule has 4 aliphatic rings. The van der Waals surface area contributed by atoms with Gasteiger partial charge in [-0.2, -0.15) is 18.4 Å². The molecular weight excluding hydrogens is 517 g/mol. The molecule has 1 saturated carbocycles. The summed E-state index contributed by atoms with van der Waals surface area (Å²) in [5.41, 5.74) is -1.26. The minimum atomic E-state index is -5.29. The van der Waals surface area contributed by atoms with E-state index in [0.717, 1.165) is 4.90 Å². The number of carbonyl (C=O) groups is 4. The average Bonchev–Trinajstić information content (AvgIpc) is 2.80. The van der Waals surface area contributed by atoms with Crippen LogP contribution in [0.25, 0.3) is 0 Å². The van der Waals surface area contributed by atoms with Crippen LogP contribution in [0.3, 0.4) is 0 Å². The topological polar surface area (TPSA) is 131 Å². The van der Waals surface area contributed by atoms with Crippen molar-refractivity contribution in [2.75, 3.05) is 6.54 Å². The van der Waals surface area contributed by atoms with E-state index < -0.39 is 77.7 Å². The fraction of sp³-hybridized carbons (Fsp3) is 0.792. The third kappa shape index (κ3) is 6.18. The largest absolute Gasteiger partial charge is 0.471 e. The SMILES string of the molecule is CC(C)(C)[C@@H](NC(=O)C(F)(F)F)C(=O)N1[C@@H]2CC[C@H]([C@H]1C(=O)N[C@H](C#N)C[C@@H]1CCCNC1=O)C(F)(F)C2. The number of nitriles is 1. The molecule has 0 radical (unpaired) electrons. The summed E-state index contributed by atoms with van der Waals surface area (Å²) in [4.78, 5) is 51.7. The monoisotopic (exact) mass is 549 g/mol. The normalized spacial score (nSPS) is 28.5. The van der Waals surface area contributed by atoms with Crippen LogP contribution in [0.15, 0.2) is 0 Å². The summed E-state index contributed by atoms with van der Waals surface area (Å²) in [6, 6.07) is -4.06. The number of amides is 4. The molecule has 6 atom stereocenters. The maximum atomic E-state index is 14.9. The number of hydrogen-bond donors (Lipinski definition) is 3. The van der Waals surface area contributed by atoms with Crippen molar-refractivity contribution in [3.63, 3.8) is 0 Å². The zero-order valence-electron chi connectivity index (χ0n) is 21.3. The van der Waals surface area contributed by atoms with Crippen LogP contribution in [0.2, 0.25) is 0 Å². The summed E-state index contributed by atoms with van der Waals surface area (Å²) in [6.45, 7) is 4.69. The Morgan fingerprint density at radius 3 is 2.34 bits per heavy atom. The molecular formula is C24H32F5N5O4. The van der Waals surface area contributed by atoms with Gasteiger partial charge < -0.3 is 20.9 Å². The van der Waals surface area contributed by atoms with E-state index >= 15 is 0 Å². The summed E-state index contributed by atoms with van der Waals surface area (Å²) in [5, 5.41) is 16.3. The van der Waals surface area contributed by atoms with Crippen LogP contribution in [-0.2, 0) is 19.2 Å². The summed E-state index contributed by atoms with van der Waals surface area (Å²) >= 11 is 0. The Balaban J connectivity index is 1.90. The standard InChI is InChI=1S/C24H32F5N5O4/c1-22(2,3)17(33-21(38)24(27,28)29)20(37)34-14-6-7-15(23(25,26)10-14)16(34)19(36)32-13(11-30)9-12-5-4-8-31-18(12)35/h12-17H,4-10H2,1-3H3,(H,31,35)(H,32,36)(H,33,38)/t12-,13-,14+,15+,16-,17-/m0/s1. The zero-order chi connectivity index (χ0) is 28.6. The third-order valence-electron chi connectivity index (χ3n) is 7.50. The molecule has 9 nitrogen and oxygen atoms in total. The predicted molar refractivity (Wildman–Crippen MR) is 122 cm³/mol. The van der Waals surface area contributed by atoms with Gasteiger partial charge in [0.25, 0.3) is 5.92 Å². The Hall–Kier alpha value is -2.98. The highest BCUT2D eigenvalue weighted by molar-refractivity contribution is 5.94. The minimum Gasteiger partial charge on any atom is -0.356 e. The van der Waals surface area contributed by atoms with E-state index in [4.69, 9.17) is 0 Å². The molecule has 2 bridgehead atoms. The Morgan fingerprint density at radius 2 is 1.82 bits per heavy atom. The van der Waals surface area contributed by atoms with E-state index in [1.54, 1.807) is 5.32 Å². The number of halogens is 5. The molecule has 4 fully saturated rings. The molecule has 0 unspecified atom stereocenters. The first-order valence-corrected chi connectivity index (χ1v) is 12.5. The van der Waals surface area contributed by atoms with Gasteiger partial charge in [-0.05, 0) is 37.5 Å². The Kier molecular flexibility index (Phi) is 8.29. The molecule has 0 aromatic heterocycles. The van der Waals surface area contributed by atoms with E-state index in [1.165, 1.54) is 20.8 Å². The fourth-order valence-electron chi connectivity index (χ4n) is 5.58. The van der Waals surface area contributed by atoms with Gasteiger partial charge >= 0.3 is 12.1 Å². The summed E-state index contributed by atoms with van der Waals surface area (Å²) in [5.74, 6) is -10.3. The summed E-state index contributed by atoms with van der Waals surface area (Å²) in [7, 11) is 0. The number of nitrogens with zero attached hydrogens (tertiary/aromatic N) is 2. The second-order valence-electron chi connectivity index (χ2n) is 11.3. The molecule has 4 amide bonds. The second-order valence-corrected chi connectivity index (χ2v) is 11.3. The van der Waals surface area contributed by atoms with Crippen molar-refractivity contribution in [2.24, 2.45) is 17.3 Å². The lowest BCUT2D eigenvalue weighted by Crippen LogP contribution is -2.71. The van der Waals surface area contributed by atoms with Crippen molar-refractivity contribution >= 4 is 23.6 Å². The first-order chi connectivity index (χ1) is 17.5. The third-order valence-corrected chi connectivity index (χ3v) is 7.50. The number of fused-ring (bicyclic) bond motifs is 3. The van der Waals surface area contributed by atoms with Gasteiger partial charge in [-0.25, -0.2) is 8.78 Å². The van der Waals surface area contributed by atoms with Gasteiger partial charge in [0.2, 0.25) is 17.7 Å². The van der Waals surface area contributed by atoms with Crippen molar-refractivity contribution in [1.29, 1.82) is 5.26 Å². The molecule has 1 aliphatic carbocycles. The van der Waals surface area contributed by atoms with Crippen LogP contribution in [-0.4, -0.2) is 71.3 Å². The van der Waals surface area contributed by atoms with Gasteiger partial charge in [0.15, 0.2) is 0 Å². The highest BCUT2D eigenvalue weighted by Gasteiger charge is 2.61. The number of rotatable bonds is 6. The number of alkyl halides is 5. The molecule has 14 heteroatoms. The lowest BCUT2D eigenvalue weighted by atomic mass is 9.70. The van der Waals surface area contributed by atoms with Crippen molar-refractivity contribution in [2.45, 2.75) is 95.6 Å². The first-order valence-electron chi connectivity index (χ1n) is 12.5. The predicted octanol–water partition coefficient (Wildman–Crippen LogP) is 2.02. The molecule has 3 heterocycles. The van der Waals surface area contributed by atoms with E-state index in [0.29, 0.717) is 19.4 Å². The lowest BCUT2D eigenvalue weighted by molar-refractivity contribution is -0.197. The molecule has 3 saturated heterocycles. The second kappa shape index (κ2) is 10.6. The van der Waals surface area contributed by atoms with E-state index in [2.05, 4.69) is 10.6 Å². The maximum Gasteiger partial charge on any atom is 0.471 e. The number of carbonyl (C=O) groups excluding carboxylic acids is 4. The van der Waals surface area contributed by atoms with Crippen LogP contribution in [0.1, 0.15) is 59.3 Å². The van der Waals surface area contributed by atoms with Crippen molar-refractivity contribution in [3.8, 4) is 6.07 Å². The quantitative estimate of drug-likeness (QED) is 0.437. The fourth-order valence-corrected chi connectivity index (χ4v) is 5.58. The molecule has 38 heavy (non-hydrogen) atoms. The average molecular weight is 550 g/mol. The lowest BCUT2D eigenvalue weighted by Gasteiger charge is -2.55. The number of piperidine rings is 3. The van der Waals surface area contributed by atoms with E-state index in [9.17, 15) is 46.4 Å². The van der Waals surface area contributed by atoms with Crippen molar-refractivity contribution in [3.05, 3.63) is 0 Å². The van der Waals surface area contributed by atoms with Gasteiger partial charge in [-0.15, -0.1) is 0 Å². The number of nitrogens with one attached hydrogen (secondary N) is 3. The molecule has 0 spiro atoms. The Morgan fingerprint density at radius 1 is 1.16 bits per heavy atom. The summed E-state index contributed by atoms with van der Waals surface area (Å²) in [6.07, 6.45) is -5.00. The van der Waals surface area contributed by atoms with Gasteiger partial charge in [0, 0.05) is 24.9 Å². The molecule has 0 aromatic carbocycles. The Bertz CT molecular complexity index is 1010. The van der Waals surface area contributed by atoms with E-state index in [1.807, 2.05) is 6.07 Å². The highest BCUT2D eigenvalue weighted by atomic mass is 19.4. The van der Waals surface area contributed by atoms with Crippen LogP contribution < -0.4 is 16.0 Å².